The third kappa shape index (κ3) is 19.9. The summed E-state index contributed by atoms with van der Waals surface area (Å²) in [4.78, 5) is 32.6. The molecule has 0 spiro atoms. The van der Waals surface area contributed by atoms with E-state index < -0.39 is 17.9 Å². The molecule has 3 aromatic carbocycles. The largest absolute Gasteiger partial charge is 0.478 e. The quantitative estimate of drug-likeness (QED) is 0.133. The second kappa shape index (κ2) is 27.8. The molecule has 3 aromatic rings. The van der Waals surface area contributed by atoms with Gasteiger partial charge in [-0.25, -0.2) is 14.4 Å². The molecule has 0 bridgehead atoms. The molecule has 15 heteroatoms. The molecule has 0 aliphatic rings. The Morgan fingerprint density at radius 1 is 0.579 bits per heavy atom. The number of aromatic carboxylic acids is 3. The van der Waals surface area contributed by atoms with E-state index in [1.807, 2.05) is 0 Å². The molecule has 0 unspecified atom stereocenters. The molecule has 15 N–H and O–H groups in total. The van der Waals surface area contributed by atoms with E-state index >= 15 is 0 Å². The van der Waals surface area contributed by atoms with Crippen molar-refractivity contribution in [1.29, 1.82) is 0 Å². The van der Waals surface area contributed by atoms with E-state index in [-0.39, 0.29) is 73.4 Å². The van der Waals surface area contributed by atoms with Crippen molar-refractivity contribution in [3.63, 3.8) is 0 Å². The van der Waals surface area contributed by atoms with Crippen LogP contribution in [0.4, 0.5) is 0 Å². The molecule has 3 rings (SSSR count). The number of thiol groups is 3. The first-order valence-corrected chi connectivity index (χ1v) is 10.6. The topological polar surface area (TPSA) is 269 Å². The fourth-order valence-electron chi connectivity index (χ4n) is 1.96. The van der Waals surface area contributed by atoms with Crippen molar-refractivity contribution in [2.24, 2.45) is 0 Å². The summed E-state index contributed by atoms with van der Waals surface area (Å²) in [7, 11) is 0. The van der Waals surface area contributed by atoms with Gasteiger partial charge in [0.15, 0.2) is 0 Å². The number of carbonyl (C=O) groups is 3. The fraction of sp³-hybridized carbons (Fsp3) is 0.0870. The SMILES string of the molecule is CCO.N.N.N.O.O=C(O)c1ccccc1S.O=C(O)c1ccccc1S.O=C(O)c1ccccc1S.[Bi]. The van der Waals surface area contributed by atoms with E-state index in [1.165, 1.54) is 18.2 Å². The predicted octanol–water partition coefficient (Wildman–Crippen LogP) is 4.30. The van der Waals surface area contributed by atoms with Crippen LogP contribution >= 0.6 is 37.9 Å². The van der Waals surface area contributed by atoms with Gasteiger partial charge in [0.05, 0.1) is 16.7 Å². The Bertz CT molecular complexity index is 947. The van der Waals surface area contributed by atoms with Gasteiger partial charge in [0.1, 0.15) is 0 Å². The van der Waals surface area contributed by atoms with Crippen molar-refractivity contribution in [1.82, 2.24) is 18.5 Å². The molecule has 0 amide bonds. The number of hydrogen-bond acceptors (Lipinski definition) is 10. The van der Waals surface area contributed by atoms with Gasteiger partial charge >= 0.3 is 17.9 Å². The average molecular weight is 787 g/mol. The van der Waals surface area contributed by atoms with E-state index in [0.29, 0.717) is 14.7 Å². The zero-order chi connectivity index (χ0) is 25.4. The van der Waals surface area contributed by atoms with Crippen molar-refractivity contribution in [2.75, 3.05) is 6.61 Å². The van der Waals surface area contributed by atoms with Gasteiger partial charge in [-0.2, -0.15) is 0 Å². The average Bonchev–Trinajstić information content (AvgIpc) is 2.75. The Morgan fingerprint density at radius 2 is 0.737 bits per heavy atom. The maximum absolute atomic E-state index is 10.4. The van der Waals surface area contributed by atoms with Crippen molar-refractivity contribution >= 4 is 82.0 Å². The molecule has 0 atom stereocenters. The number of aliphatic hydroxyl groups is 1. The second-order valence-corrected chi connectivity index (χ2v) is 7.23. The maximum atomic E-state index is 10.4. The standard InChI is InChI=1S/3C7H6O2S.C2H6O.Bi.3H3N.H2O/c3*8-7(9)5-3-1-2-4-6(5)10;1-2-3;;;;;/h3*1-4,10H,(H,8,9);3H,2H2,1H3;;3*1H3;1H2. The summed E-state index contributed by atoms with van der Waals surface area (Å²) in [6.45, 7) is 1.93. The molecular formula is C23H35BiN3O8S3. The van der Waals surface area contributed by atoms with Gasteiger partial charge in [-0.1, -0.05) is 36.4 Å². The monoisotopic (exact) mass is 786 g/mol. The van der Waals surface area contributed by atoms with Crippen molar-refractivity contribution < 1.29 is 40.3 Å². The van der Waals surface area contributed by atoms with Crippen LogP contribution in [0.2, 0.25) is 0 Å². The van der Waals surface area contributed by atoms with Gasteiger partial charge in [0, 0.05) is 47.5 Å². The molecule has 0 heterocycles. The normalized spacial score (nSPS) is 7.82. The summed E-state index contributed by atoms with van der Waals surface area (Å²) in [5.74, 6) is -2.82. The van der Waals surface area contributed by atoms with Gasteiger partial charge in [-0.3, -0.25) is 0 Å². The zero-order valence-corrected chi connectivity index (χ0v) is 26.7. The molecular weight excluding hydrogens is 751 g/mol. The van der Waals surface area contributed by atoms with Crippen LogP contribution in [0.15, 0.2) is 87.5 Å². The molecule has 0 aliphatic carbocycles. The Kier molecular flexibility index (Phi) is 35.8. The van der Waals surface area contributed by atoms with E-state index in [4.69, 9.17) is 20.4 Å². The van der Waals surface area contributed by atoms with Gasteiger partial charge < -0.3 is 44.4 Å². The molecule has 213 valence electrons. The van der Waals surface area contributed by atoms with Gasteiger partial charge in [0.2, 0.25) is 0 Å². The zero-order valence-electron chi connectivity index (χ0n) is 20.6. The molecule has 0 saturated carbocycles. The molecule has 38 heavy (non-hydrogen) atoms. The minimum atomic E-state index is -0.939. The van der Waals surface area contributed by atoms with E-state index in [0.717, 1.165) is 0 Å². The number of aliphatic hydroxyl groups excluding tert-OH is 1. The van der Waals surface area contributed by atoms with Crippen LogP contribution in [-0.2, 0) is 0 Å². The molecule has 0 saturated heterocycles. The summed E-state index contributed by atoms with van der Waals surface area (Å²) < 4.78 is 0. The van der Waals surface area contributed by atoms with Crippen LogP contribution in [-0.4, -0.2) is 76.6 Å². The third-order valence-corrected chi connectivity index (χ3v) is 4.57. The van der Waals surface area contributed by atoms with Crippen LogP contribution in [0.5, 0.6) is 0 Å². The van der Waals surface area contributed by atoms with Crippen LogP contribution in [0, 0.1) is 0 Å². The predicted molar refractivity (Wildman–Crippen MR) is 159 cm³/mol. The summed E-state index contributed by atoms with van der Waals surface area (Å²) >= 11 is 11.9. The van der Waals surface area contributed by atoms with Crippen molar-refractivity contribution in [3.05, 3.63) is 89.5 Å². The van der Waals surface area contributed by atoms with Gasteiger partial charge in [-0.15, -0.1) is 37.9 Å². The van der Waals surface area contributed by atoms with Crippen molar-refractivity contribution in [2.45, 2.75) is 21.6 Å². The van der Waals surface area contributed by atoms with Gasteiger partial charge in [-0.05, 0) is 43.3 Å². The Hall–Kier alpha value is -2.20. The fourth-order valence-corrected chi connectivity index (χ4v) is 2.73. The third-order valence-electron chi connectivity index (χ3n) is 3.40. The summed E-state index contributed by atoms with van der Waals surface area (Å²) in [5, 5.41) is 33.1. The Morgan fingerprint density at radius 3 is 0.842 bits per heavy atom. The van der Waals surface area contributed by atoms with Gasteiger partial charge in [0.25, 0.3) is 0 Å². The minimum Gasteiger partial charge on any atom is -0.478 e. The van der Waals surface area contributed by atoms with Crippen LogP contribution in [0.1, 0.15) is 38.0 Å². The summed E-state index contributed by atoms with van der Waals surface area (Å²) in [6, 6.07) is 19.7. The minimum absolute atomic E-state index is 0. The van der Waals surface area contributed by atoms with Crippen LogP contribution in [0.25, 0.3) is 0 Å². The molecule has 0 fully saturated rings. The van der Waals surface area contributed by atoms with Crippen molar-refractivity contribution in [3.8, 4) is 0 Å². The van der Waals surface area contributed by atoms with E-state index in [1.54, 1.807) is 61.5 Å². The molecule has 11 nitrogen and oxygen atoms in total. The molecule has 0 aromatic heterocycles. The van der Waals surface area contributed by atoms with E-state index in [9.17, 15) is 14.4 Å². The maximum Gasteiger partial charge on any atom is 0.336 e. The summed E-state index contributed by atoms with van der Waals surface area (Å²) in [5.41, 5.74) is 0.725. The first kappa shape index (κ1) is 48.8. The Labute approximate surface area is 257 Å². The number of hydrogen-bond donors (Lipinski definition) is 10. The molecule has 0 aliphatic heterocycles. The van der Waals surface area contributed by atoms with Crippen LogP contribution in [0.3, 0.4) is 0 Å². The number of rotatable bonds is 3. The second-order valence-electron chi connectivity index (χ2n) is 5.78. The first-order chi connectivity index (χ1) is 15.6. The number of benzene rings is 3. The first-order valence-electron chi connectivity index (χ1n) is 9.21. The number of carboxylic acids is 3. The molecule has 3 radical (unpaired) electrons. The van der Waals surface area contributed by atoms with Crippen LogP contribution < -0.4 is 18.5 Å². The smallest absolute Gasteiger partial charge is 0.336 e. The van der Waals surface area contributed by atoms with E-state index in [2.05, 4.69) is 37.9 Å². The summed E-state index contributed by atoms with van der Waals surface area (Å²) in [6.07, 6.45) is 0. The number of carboxylic acid groups (broad SMARTS) is 3. The Balaban J connectivity index is -0.0000000903.